The summed E-state index contributed by atoms with van der Waals surface area (Å²) in [5, 5.41) is 0.145. The van der Waals surface area contributed by atoms with E-state index in [4.69, 9.17) is 17.3 Å². The predicted octanol–water partition coefficient (Wildman–Crippen LogP) is 3.31. The molecule has 0 bridgehead atoms. The molecule has 0 radical (unpaired) electrons. The van der Waals surface area contributed by atoms with E-state index in [1.165, 1.54) is 6.07 Å². The molecule has 4 heteroatoms. The van der Waals surface area contributed by atoms with Crippen molar-refractivity contribution in [2.24, 2.45) is 5.73 Å². The van der Waals surface area contributed by atoms with Crippen molar-refractivity contribution in [3.63, 3.8) is 0 Å². The Kier molecular flexibility index (Phi) is 5.30. The van der Waals surface area contributed by atoms with Crippen molar-refractivity contribution in [1.82, 2.24) is 0 Å². The second-order valence-corrected chi connectivity index (χ2v) is 3.04. The van der Waals surface area contributed by atoms with Gasteiger partial charge in [0.05, 0.1) is 5.02 Å². The minimum atomic E-state index is -0.405. The molecule has 1 rings (SSSR count). The largest absolute Gasteiger partial charge is 0.324 e. The van der Waals surface area contributed by atoms with Crippen molar-refractivity contribution in [3.8, 4) is 0 Å². The molecular formula is C9H12Cl2FN. The van der Waals surface area contributed by atoms with Crippen molar-refractivity contribution in [3.05, 3.63) is 34.6 Å². The third kappa shape index (κ3) is 2.83. The second-order valence-electron chi connectivity index (χ2n) is 2.66. The smallest absolute Gasteiger partial charge is 0.142 e. The molecule has 0 heterocycles. The normalized spacial score (nSPS) is 12.0. The second kappa shape index (κ2) is 5.43. The van der Waals surface area contributed by atoms with E-state index in [0.717, 1.165) is 6.42 Å². The molecule has 2 N–H and O–H groups in total. The van der Waals surface area contributed by atoms with E-state index in [0.29, 0.717) is 5.56 Å². The Morgan fingerprint density at radius 3 is 2.69 bits per heavy atom. The fourth-order valence-electron chi connectivity index (χ4n) is 1.03. The van der Waals surface area contributed by atoms with E-state index in [9.17, 15) is 4.39 Å². The summed E-state index contributed by atoms with van der Waals surface area (Å²) in [6.07, 6.45) is 0.753. The molecule has 1 aromatic rings. The molecule has 1 unspecified atom stereocenters. The molecule has 0 fully saturated rings. The first-order valence-corrected chi connectivity index (χ1v) is 4.24. The van der Waals surface area contributed by atoms with Crippen molar-refractivity contribution in [1.29, 1.82) is 0 Å². The standard InChI is InChI=1S/C9H11ClFN.ClH/c1-2-8(12)6-4-3-5-7(11)9(6)10;/h3-5,8H,2,12H2,1H3;1H. The van der Waals surface area contributed by atoms with Crippen molar-refractivity contribution < 1.29 is 4.39 Å². The highest BCUT2D eigenvalue weighted by Crippen LogP contribution is 2.25. The van der Waals surface area contributed by atoms with E-state index >= 15 is 0 Å². The van der Waals surface area contributed by atoms with E-state index in [-0.39, 0.29) is 23.5 Å². The van der Waals surface area contributed by atoms with Crippen molar-refractivity contribution in [2.45, 2.75) is 19.4 Å². The quantitative estimate of drug-likeness (QED) is 0.819. The van der Waals surface area contributed by atoms with Crippen LogP contribution in [0.5, 0.6) is 0 Å². The third-order valence-electron chi connectivity index (χ3n) is 1.82. The zero-order valence-corrected chi connectivity index (χ0v) is 8.83. The highest BCUT2D eigenvalue weighted by molar-refractivity contribution is 6.31. The van der Waals surface area contributed by atoms with Crippen LogP contribution in [0.25, 0.3) is 0 Å². The molecular weight excluding hydrogens is 212 g/mol. The number of hydrogen-bond acceptors (Lipinski definition) is 1. The number of nitrogens with two attached hydrogens (primary N) is 1. The summed E-state index contributed by atoms with van der Waals surface area (Å²) >= 11 is 5.71. The molecule has 0 saturated heterocycles. The summed E-state index contributed by atoms with van der Waals surface area (Å²) in [6.45, 7) is 1.94. The lowest BCUT2D eigenvalue weighted by Crippen LogP contribution is -2.09. The van der Waals surface area contributed by atoms with Crippen LogP contribution in [0.1, 0.15) is 24.9 Å². The molecule has 0 aromatic heterocycles. The van der Waals surface area contributed by atoms with Crippen LogP contribution in [0.3, 0.4) is 0 Å². The van der Waals surface area contributed by atoms with Crippen LogP contribution in [0.2, 0.25) is 5.02 Å². The molecule has 0 aliphatic carbocycles. The lowest BCUT2D eigenvalue weighted by molar-refractivity contribution is 0.617. The topological polar surface area (TPSA) is 26.0 Å². The minimum Gasteiger partial charge on any atom is -0.324 e. The van der Waals surface area contributed by atoms with Crippen LogP contribution in [0.15, 0.2) is 18.2 Å². The van der Waals surface area contributed by atoms with Crippen molar-refractivity contribution in [2.75, 3.05) is 0 Å². The Bertz CT molecular complexity index is 278. The number of rotatable bonds is 2. The van der Waals surface area contributed by atoms with Gasteiger partial charge in [0.2, 0.25) is 0 Å². The van der Waals surface area contributed by atoms with Crippen molar-refractivity contribution >= 4 is 24.0 Å². The van der Waals surface area contributed by atoms with Gasteiger partial charge in [0, 0.05) is 6.04 Å². The van der Waals surface area contributed by atoms with Gasteiger partial charge < -0.3 is 5.73 Å². The number of benzene rings is 1. The summed E-state index contributed by atoms with van der Waals surface area (Å²) in [7, 11) is 0. The zero-order chi connectivity index (χ0) is 9.14. The van der Waals surface area contributed by atoms with Gasteiger partial charge in [-0.2, -0.15) is 0 Å². The summed E-state index contributed by atoms with van der Waals surface area (Å²) in [4.78, 5) is 0. The summed E-state index contributed by atoms with van der Waals surface area (Å²) in [5.41, 5.74) is 6.39. The van der Waals surface area contributed by atoms with Gasteiger partial charge in [0.15, 0.2) is 0 Å². The average Bonchev–Trinajstić information content (AvgIpc) is 2.08. The first kappa shape index (κ1) is 12.7. The van der Waals surface area contributed by atoms with Gasteiger partial charge in [0.25, 0.3) is 0 Å². The lowest BCUT2D eigenvalue weighted by atomic mass is 10.1. The Balaban J connectivity index is 0.00000144. The van der Waals surface area contributed by atoms with E-state index in [2.05, 4.69) is 0 Å². The summed E-state index contributed by atoms with van der Waals surface area (Å²) in [6, 6.07) is 4.52. The first-order chi connectivity index (χ1) is 5.66. The Morgan fingerprint density at radius 2 is 2.15 bits per heavy atom. The van der Waals surface area contributed by atoms with Crippen LogP contribution in [-0.4, -0.2) is 0 Å². The molecule has 1 aromatic carbocycles. The molecule has 0 aliphatic rings. The molecule has 0 saturated carbocycles. The molecule has 1 nitrogen and oxygen atoms in total. The predicted molar refractivity (Wildman–Crippen MR) is 55.9 cm³/mol. The van der Waals surface area contributed by atoms with Gasteiger partial charge in [-0.15, -0.1) is 12.4 Å². The SMILES string of the molecule is CCC(N)c1cccc(F)c1Cl.Cl. The maximum atomic E-state index is 12.9. The number of halogens is 3. The fourth-order valence-corrected chi connectivity index (χ4v) is 1.29. The Morgan fingerprint density at radius 1 is 1.54 bits per heavy atom. The summed E-state index contributed by atoms with van der Waals surface area (Å²) in [5.74, 6) is -0.405. The van der Waals surface area contributed by atoms with Gasteiger partial charge in [-0.05, 0) is 18.1 Å². The molecule has 0 aliphatic heterocycles. The van der Waals surface area contributed by atoms with E-state index < -0.39 is 5.82 Å². The number of hydrogen-bond donors (Lipinski definition) is 1. The summed E-state index contributed by atoms with van der Waals surface area (Å²) < 4.78 is 12.9. The van der Waals surface area contributed by atoms with Crippen LogP contribution < -0.4 is 5.73 Å². The van der Waals surface area contributed by atoms with Crippen LogP contribution in [0, 0.1) is 5.82 Å². The third-order valence-corrected chi connectivity index (χ3v) is 2.22. The molecule has 13 heavy (non-hydrogen) atoms. The molecule has 0 amide bonds. The van der Waals surface area contributed by atoms with Gasteiger partial charge in [-0.25, -0.2) is 4.39 Å². The molecule has 1 atom stereocenters. The highest BCUT2D eigenvalue weighted by atomic mass is 35.5. The van der Waals surface area contributed by atoms with Gasteiger partial charge in [-0.3, -0.25) is 0 Å². The van der Waals surface area contributed by atoms with E-state index in [1.807, 2.05) is 6.92 Å². The fraction of sp³-hybridized carbons (Fsp3) is 0.333. The molecule has 74 valence electrons. The van der Waals surface area contributed by atoms with Crippen LogP contribution >= 0.6 is 24.0 Å². The average molecular weight is 224 g/mol. The maximum Gasteiger partial charge on any atom is 0.142 e. The van der Waals surface area contributed by atoms with E-state index in [1.54, 1.807) is 12.1 Å². The molecule has 0 spiro atoms. The van der Waals surface area contributed by atoms with Crippen LogP contribution in [-0.2, 0) is 0 Å². The zero-order valence-electron chi connectivity index (χ0n) is 7.26. The van der Waals surface area contributed by atoms with Gasteiger partial charge in [-0.1, -0.05) is 30.7 Å². The monoisotopic (exact) mass is 223 g/mol. The lowest BCUT2D eigenvalue weighted by Gasteiger charge is -2.10. The first-order valence-electron chi connectivity index (χ1n) is 3.86. The van der Waals surface area contributed by atoms with Gasteiger partial charge >= 0.3 is 0 Å². The van der Waals surface area contributed by atoms with Gasteiger partial charge in [0.1, 0.15) is 5.82 Å². The highest BCUT2D eigenvalue weighted by Gasteiger charge is 2.10. The Hall–Kier alpha value is -0.310. The maximum absolute atomic E-state index is 12.9. The minimum absolute atomic E-state index is 0. The Labute approximate surface area is 88.5 Å². The van der Waals surface area contributed by atoms with Crippen LogP contribution in [0.4, 0.5) is 4.39 Å².